The molecule has 1 N–H and O–H groups in total. The molecule has 0 atom stereocenters. The first kappa shape index (κ1) is 19.2. The van der Waals surface area contributed by atoms with E-state index < -0.39 is 21.7 Å². The van der Waals surface area contributed by atoms with Crippen LogP contribution < -0.4 is 0 Å². The molecule has 0 saturated carbocycles. The number of aromatic nitrogens is 2. The van der Waals surface area contributed by atoms with E-state index in [1.165, 1.54) is 27.8 Å². The topological polar surface area (TPSA) is 86.4 Å². The van der Waals surface area contributed by atoms with E-state index in [1.54, 1.807) is 0 Å². The van der Waals surface area contributed by atoms with Crippen LogP contribution in [0.4, 0.5) is 8.78 Å². The number of hydrogen-bond acceptors (Lipinski definition) is 4. The Morgan fingerprint density at radius 3 is 2.74 bits per heavy atom. The molecule has 7 nitrogen and oxygen atoms in total. The molecule has 1 fully saturated rings. The van der Waals surface area contributed by atoms with Gasteiger partial charge < -0.3 is 9.88 Å². The van der Waals surface area contributed by atoms with Gasteiger partial charge in [-0.3, -0.25) is 4.79 Å². The zero-order chi connectivity index (χ0) is 19.4. The highest BCUT2D eigenvalue weighted by Gasteiger charge is 2.28. The molecule has 1 aromatic heterocycles. The number of carbonyl (C=O) groups excluding carboxylic acids is 1. The van der Waals surface area contributed by atoms with Crippen LogP contribution in [0.1, 0.15) is 12.0 Å². The summed E-state index contributed by atoms with van der Waals surface area (Å²) >= 11 is 0. The monoisotopic (exact) mass is 396 g/mol. The lowest BCUT2D eigenvalue weighted by atomic mass is 10.2. The fraction of sp³-hybridized carbons (Fsp3) is 0.294. The number of H-pyrrole nitrogens is 1. The number of aromatic amines is 1. The predicted octanol–water partition coefficient (Wildman–Crippen LogP) is 1.62. The van der Waals surface area contributed by atoms with Gasteiger partial charge in [0.25, 0.3) is 10.0 Å². The van der Waals surface area contributed by atoms with Crippen molar-refractivity contribution in [2.75, 3.05) is 26.2 Å². The molecule has 0 aliphatic carbocycles. The van der Waals surface area contributed by atoms with Gasteiger partial charge in [-0.2, -0.15) is 4.31 Å². The minimum atomic E-state index is -3.69. The molecule has 0 spiro atoms. The summed E-state index contributed by atoms with van der Waals surface area (Å²) in [6, 6.07) is 2.99. The fourth-order valence-electron chi connectivity index (χ4n) is 2.79. The van der Waals surface area contributed by atoms with Crippen molar-refractivity contribution >= 4 is 22.0 Å². The number of hydrogen-bond donors (Lipinski definition) is 1. The highest BCUT2D eigenvalue weighted by molar-refractivity contribution is 7.89. The molecule has 1 amide bonds. The van der Waals surface area contributed by atoms with E-state index in [9.17, 15) is 22.0 Å². The van der Waals surface area contributed by atoms with Gasteiger partial charge in [0.15, 0.2) is 5.03 Å². The number of nitrogens with one attached hydrogen (secondary N) is 1. The second kappa shape index (κ2) is 7.97. The smallest absolute Gasteiger partial charge is 0.260 e. The zero-order valence-electron chi connectivity index (χ0n) is 14.3. The molecule has 2 aromatic rings. The van der Waals surface area contributed by atoms with Crippen LogP contribution in [-0.2, 0) is 14.8 Å². The number of imidazole rings is 1. The lowest BCUT2D eigenvalue weighted by Crippen LogP contribution is -2.36. The van der Waals surface area contributed by atoms with Gasteiger partial charge in [0.2, 0.25) is 5.91 Å². The number of benzene rings is 1. The van der Waals surface area contributed by atoms with E-state index in [4.69, 9.17) is 0 Å². The van der Waals surface area contributed by atoms with Gasteiger partial charge in [0, 0.05) is 37.8 Å². The van der Waals surface area contributed by atoms with Crippen molar-refractivity contribution in [2.24, 2.45) is 0 Å². The van der Waals surface area contributed by atoms with E-state index >= 15 is 0 Å². The third-order valence-corrected chi connectivity index (χ3v) is 6.05. The van der Waals surface area contributed by atoms with E-state index in [-0.39, 0.29) is 36.1 Å². The molecule has 1 aliphatic rings. The van der Waals surface area contributed by atoms with Crippen LogP contribution >= 0.6 is 0 Å². The summed E-state index contributed by atoms with van der Waals surface area (Å²) in [7, 11) is -3.69. The zero-order valence-corrected chi connectivity index (χ0v) is 15.1. The maximum Gasteiger partial charge on any atom is 0.260 e. The number of halogens is 2. The van der Waals surface area contributed by atoms with Gasteiger partial charge in [-0.05, 0) is 30.7 Å². The number of sulfonamides is 1. The quantitative estimate of drug-likeness (QED) is 0.796. The average molecular weight is 396 g/mol. The van der Waals surface area contributed by atoms with Gasteiger partial charge in [0.1, 0.15) is 11.6 Å². The Morgan fingerprint density at radius 2 is 2.00 bits per heavy atom. The second-order valence-electron chi connectivity index (χ2n) is 6.00. The molecule has 3 rings (SSSR count). The van der Waals surface area contributed by atoms with Crippen molar-refractivity contribution in [1.82, 2.24) is 19.2 Å². The molecule has 27 heavy (non-hydrogen) atoms. The Labute approximate surface area is 155 Å². The third kappa shape index (κ3) is 4.40. The van der Waals surface area contributed by atoms with Crippen LogP contribution in [0.5, 0.6) is 0 Å². The molecule has 10 heteroatoms. The van der Waals surface area contributed by atoms with Crippen molar-refractivity contribution in [2.45, 2.75) is 11.4 Å². The second-order valence-corrected chi connectivity index (χ2v) is 7.90. The van der Waals surface area contributed by atoms with Crippen molar-refractivity contribution in [3.05, 3.63) is 54.0 Å². The lowest BCUT2D eigenvalue weighted by Gasteiger charge is -2.20. The van der Waals surface area contributed by atoms with Crippen LogP contribution in [0.25, 0.3) is 6.08 Å². The first-order valence-electron chi connectivity index (χ1n) is 8.28. The summed E-state index contributed by atoms with van der Waals surface area (Å²) < 4.78 is 53.1. The maximum atomic E-state index is 13.6. The Morgan fingerprint density at radius 1 is 1.19 bits per heavy atom. The summed E-state index contributed by atoms with van der Waals surface area (Å²) in [5.41, 5.74) is -0.0263. The Hall–Kier alpha value is -2.59. The van der Waals surface area contributed by atoms with Gasteiger partial charge in [0.05, 0.1) is 12.5 Å². The molecule has 144 valence electrons. The van der Waals surface area contributed by atoms with E-state index in [0.29, 0.717) is 13.0 Å². The summed E-state index contributed by atoms with van der Waals surface area (Å²) in [4.78, 5) is 20.1. The molecule has 0 unspecified atom stereocenters. The van der Waals surface area contributed by atoms with Crippen LogP contribution in [-0.4, -0.2) is 59.7 Å². The Bertz CT molecular complexity index is 945. The lowest BCUT2D eigenvalue weighted by molar-refractivity contribution is -0.125. The number of rotatable bonds is 4. The fourth-order valence-corrected chi connectivity index (χ4v) is 4.15. The minimum Gasteiger partial charge on any atom is -0.338 e. The third-order valence-electron chi connectivity index (χ3n) is 4.22. The Kier molecular flexibility index (Phi) is 5.66. The first-order valence-corrected chi connectivity index (χ1v) is 9.72. The number of nitrogens with zero attached hydrogens (tertiary/aromatic N) is 3. The molecule has 1 aliphatic heterocycles. The average Bonchev–Trinajstić information content (AvgIpc) is 3.07. The van der Waals surface area contributed by atoms with Crippen molar-refractivity contribution in [1.29, 1.82) is 0 Å². The van der Waals surface area contributed by atoms with Crippen molar-refractivity contribution < 1.29 is 22.0 Å². The van der Waals surface area contributed by atoms with Crippen LogP contribution in [0.3, 0.4) is 0 Å². The summed E-state index contributed by atoms with van der Waals surface area (Å²) in [5, 5.41) is 0.00347. The van der Waals surface area contributed by atoms with Gasteiger partial charge >= 0.3 is 0 Å². The molecule has 1 aromatic carbocycles. The van der Waals surface area contributed by atoms with E-state index in [0.717, 1.165) is 24.3 Å². The van der Waals surface area contributed by atoms with Crippen LogP contribution in [0.15, 0.2) is 41.8 Å². The highest BCUT2D eigenvalue weighted by atomic mass is 32.2. The highest BCUT2D eigenvalue weighted by Crippen LogP contribution is 2.16. The molecule has 0 radical (unpaired) electrons. The van der Waals surface area contributed by atoms with Crippen LogP contribution in [0, 0.1) is 11.6 Å². The van der Waals surface area contributed by atoms with Gasteiger partial charge in [-0.25, -0.2) is 22.2 Å². The summed E-state index contributed by atoms with van der Waals surface area (Å²) in [6.45, 7) is 0.967. The van der Waals surface area contributed by atoms with E-state index in [1.807, 2.05) is 0 Å². The molecule has 2 heterocycles. The van der Waals surface area contributed by atoms with Crippen molar-refractivity contribution in [3.63, 3.8) is 0 Å². The van der Waals surface area contributed by atoms with Gasteiger partial charge in [-0.15, -0.1) is 0 Å². The summed E-state index contributed by atoms with van der Waals surface area (Å²) in [5.74, 6) is -1.62. The Balaban J connectivity index is 1.66. The molecule has 0 bridgehead atoms. The van der Waals surface area contributed by atoms with E-state index in [2.05, 4.69) is 9.97 Å². The number of carbonyl (C=O) groups is 1. The first-order chi connectivity index (χ1) is 12.9. The normalized spacial score (nSPS) is 16.6. The molecular formula is C17H18F2N4O3S. The largest absolute Gasteiger partial charge is 0.338 e. The van der Waals surface area contributed by atoms with Crippen molar-refractivity contribution in [3.8, 4) is 0 Å². The maximum absolute atomic E-state index is 13.6. The standard InChI is InChI=1S/C17H18F2N4O3S/c18-14-3-4-15(19)13(10-14)2-5-17(24)22-6-1-7-23(9-8-22)27(25,26)16-11-20-12-21-16/h2-5,10-12H,1,6-9H2,(H,20,21). The van der Waals surface area contributed by atoms with Crippen LogP contribution in [0.2, 0.25) is 0 Å². The SMILES string of the molecule is O=C(C=Cc1cc(F)ccc1F)N1CCCN(S(=O)(=O)c2cnc[nH]2)CC1. The molecular weight excluding hydrogens is 378 g/mol. The summed E-state index contributed by atoms with van der Waals surface area (Å²) in [6.07, 6.45) is 5.36. The minimum absolute atomic E-state index is 0.00347. The van der Waals surface area contributed by atoms with Gasteiger partial charge in [-0.1, -0.05) is 0 Å². The molecule has 1 saturated heterocycles. The predicted molar refractivity (Wildman–Crippen MR) is 93.9 cm³/mol. The number of amides is 1.